The Bertz CT molecular complexity index is 746. The number of nitrogens with one attached hydrogen (secondary N) is 1. The number of anilines is 2. The zero-order valence-electron chi connectivity index (χ0n) is 13.7. The van der Waals surface area contributed by atoms with Crippen molar-refractivity contribution in [3.8, 4) is 0 Å². The maximum Gasteiger partial charge on any atom is 0.311 e. The molecular formula is C16H21N6OP. The SMILES string of the molecule is CN(Cc1ccccc1)c1ccnc(NP(=O)(N2CC2)N2CC2)n1. The maximum absolute atomic E-state index is 13.1. The van der Waals surface area contributed by atoms with E-state index in [9.17, 15) is 4.57 Å². The van der Waals surface area contributed by atoms with E-state index in [1.165, 1.54) is 5.56 Å². The minimum Gasteiger partial charge on any atom is -0.355 e. The van der Waals surface area contributed by atoms with Crippen molar-refractivity contribution in [1.29, 1.82) is 0 Å². The monoisotopic (exact) mass is 344 g/mol. The lowest BCUT2D eigenvalue weighted by molar-refractivity contribution is 0.523. The predicted octanol–water partition coefficient (Wildman–Crippen LogP) is 2.26. The fourth-order valence-electron chi connectivity index (χ4n) is 2.64. The fraction of sp³-hybridized carbons (Fsp3) is 0.375. The van der Waals surface area contributed by atoms with Crippen molar-refractivity contribution in [2.24, 2.45) is 0 Å². The number of rotatable bonds is 7. The average Bonchev–Trinajstić information content (AvgIpc) is 3.48. The number of benzene rings is 1. The van der Waals surface area contributed by atoms with Crippen molar-refractivity contribution >= 4 is 19.4 Å². The standard InChI is InChI=1S/C16H21N6OP/c1-20(13-14-5-3-2-4-6-14)15-7-8-17-16(18-15)19-24(23,21-9-10-21)22-11-12-22/h2-8H,9-13H2,1H3,(H,17,18,19,23). The molecule has 126 valence electrons. The molecule has 2 aliphatic rings. The highest BCUT2D eigenvalue weighted by atomic mass is 31.2. The first-order valence-electron chi connectivity index (χ1n) is 8.12. The van der Waals surface area contributed by atoms with Gasteiger partial charge in [-0.05, 0) is 11.6 Å². The van der Waals surface area contributed by atoms with E-state index in [0.29, 0.717) is 5.95 Å². The molecule has 2 fully saturated rings. The third-order valence-corrected chi connectivity index (χ3v) is 6.98. The largest absolute Gasteiger partial charge is 0.355 e. The van der Waals surface area contributed by atoms with Gasteiger partial charge in [-0.2, -0.15) is 4.98 Å². The van der Waals surface area contributed by atoms with Crippen LogP contribution in [0.15, 0.2) is 42.6 Å². The summed E-state index contributed by atoms with van der Waals surface area (Å²) in [5.74, 6) is 1.23. The molecule has 2 saturated heterocycles. The zero-order valence-corrected chi connectivity index (χ0v) is 14.6. The first-order valence-corrected chi connectivity index (χ1v) is 9.74. The predicted molar refractivity (Wildman–Crippen MR) is 95.0 cm³/mol. The van der Waals surface area contributed by atoms with Gasteiger partial charge in [-0.3, -0.25) is 9.65 Å². The Hall–Kier alpha value is -1.95. The van der Waals surface area contributed by atoms with Crippen LogP contribution in [0.3, 0.4) is 0 Å². The van der Waals surface area contributed by atoms with E-state index in [0.717, 1.165) is 38.5 Å². The van der Waals surface area contributed by atoms with E-state index < -0.39 is 7.59 Å². The van der Waals surface area contributed by atoms with Crippen LogP contribution in [0.4, 0.5) is 11.8 Å². The Morgan fingerprint density at radius 3 is 2.42 bits per heavy atom. The Morgan fingerprint density at radius 1 is 1.12 bits per heavy atom. The average molecular weight is 344 g/mol. The van der Waals surface area contributed by atoms with E-state index in [-0.39, 0.29) is 0 Å². The lowest BCUT2D eigenvalue weighted by Gasteiger charge is -2.22. The van der Waals surface area contributed by atoms with Gasteiger partial charge in [0.25, 0.3) is 0 Å². The molecular weight excluding hydrogens is 323 g/mol. The summed E-state index contributed by atoms with van der Waals surface area (Å²) in [6.45, 7) is 4.23. The quantitative estimate of drug-likeness (QED) is 0.610. The molecule has 0 aliphatic carbocycles. The molecule has 8 heteroatoms. The van der Waals surface area contributed by atoms with E-state index in [4.69, 9.17) is 0 Å². The summed E-state index contributed by atoms with van der Waals surface area (Å²) in [4.78, 5) is 10.9. The highest BCUT2D eigenvalue weighted by Crippen LogP contribution is 2.59. The van der Waals surface area contributed by atoms with Crippen LogP contribution in [-0.4, -0.2) is 52.5 Å². The number of hydrogen-bond acceptors (Lipinski definition) is 4. The molecule has 1 N–H and O–H groups in total. The molecule has 0 bridgehead atoms. The highest BCUT2D eigenvalue weighted by molar-refractivity contribution is 7.61. The summed E-state index contributed by atoms with van der Waals surface area (Å²) in [6, 6.07) is 12.1. The topological polar surface area (TPSA) is 64.1 Å². The molecule has 0 spiro atoms. The first-order chi connectivity index (χ1) is 11.6. The molecule has 0 amide bonds. The summed E-state index contributed by atoms with van der Waals surface area (Å²) in [6.07, 6.45) is 1.71. The van der Waals surface area contributed by atoms with Crippen LogP contribution in [0.1, 0.15) is 5.56 Å². The van der Waals surface area contributed by atoms with Gasteiger partial charge in [0.15, 0.2) is 0 Å². The normalized spacial score (nSPS) is 17.5. The van der Waals surface area contributed by atoms with Gasteiger partial charge in [0, 0.05) is 46.0 Å². The van der Waals surface area contributed by atoms with Crippen molar-refractivity contribution in [1.82, 2.24) is 19.3 Å². The van der Waals surface area contributed by atoms with Gasteiger partial charge in [0.2, 0.25) is 5.95 Å². The third kappa shape index (κ3) is 3.29. The zero-order chi connectivity index (χ0) is 16.6. The van der Waals surface area contributed by atoms with E-state index in [1.807, 2.05) is 40.7 Å². The third-order valence-electron chi connectivity index (χ3n) is 4.15. The molecule has 2 aliphatic heterocycles. The molecule has 2 aromatic rings. The molecule has 1 aromatic carbocycles. The van der Waals surface area contributed by atoms with Crippen molar-refractivity contribution in [2.75, 3.05) is 43.2 Å². The summed E-state index contributed by atoms with van der Waals surface area (Å²) in [5.41, 5.74) is 1.21. The molecule has 0 atom stereocenters. The van der Waals surface area contributed by atoms with Gasteiger partial charge in [0.05, 0.1) is 0 Å². The Morgan fingerprint density at radius 2 is 1.79 bits per heavy atom. The molecule has 24 heavy (non-hydrogen) atoms. The minimum absolute atomic E-state index is 0.426. The van der Waals surface area contributed by atoms with Crippen molar-refractivity contribution in [3.63, 3.8) is 0 Å². The lowest BCUT2D eigenvalue weighted by Crippen LogP contribution is -2.19. The summed E-state index contributed by atoms with van der Waals surface area (Å²) in [7, 11) is -0.713. The van der Waals surface area contributed by atoms with Crippen LogP contribution in [0.25, 0.3) is 0 Å². The van der Waals surface area contributed by atoms with Crippen LogP contribution < -0.4 is 9.99 Å². The van der Waals surface area contributed by atoms with E-state index in [1.54, 1.807) is 6.20 Å². The van der Waals surface area contributed by atoms with Crippen LogP contribution in [-0.2, 0) is 11.1 Å². The molecule has 3 heterocycles. The van der Waals surface area contributed by atoms with Crippen molar-refractivity contribution in [3.05, 3.63) is 48.2 Å². The molecule has 1 aromatic heterocycles. The van der Waals surface area contributed by atoms with E-state index in [2.05, 4.69) is 32.1 Å². The lowest BCUT2D eigenvalue weighted by atomic mass is 10.2. The second-order valence-corrected chi connectivity index (χ2v) is 8.59. The summed E-state index contributed by atoms with van der Waals surface area (Å²) in [5, 5.41) is 3.10. The summed E-state index contributed by atoms with van der Waals surface area (Å²) < 4.78 is 17.1. The minimum atomic E-state index is -2.71. The first kappa shape index (κ1) is 15.6. The van der Waals surface area contributed by atoms with Gasteiger partial charge in [-0.25, -0.2) is 14.3 Å². The highest BCUT2D eigenvalue weighted by Gasteiger charge is 2.48. The van der Waals surface area contributed by atoms with Crippen LogP contribution >= 0.6 is 7.59 Å². The maximum atomic E-state index is 13.1. The van der Waals surface area contributed by atoms with Crippen LogP contribution in [0.5, 0.6) is 0 Å². The Labute approximate surface area is 141 Å². The van der Waals surface area contributed by atoms with E-state index >= 15 is 0 Å². The summed E-state index contributed by atoms with van der Waals surface area (Å²) >= 11 is 0. The van der Waals surface area contributed by atoms with Gasteiger partial charge in [-0.15, -0.1) is 0 Å². The van der Waals surface area contributed by atoms with Crippen molar-refractivity contribution in [2.45, 2.75) is 6.54 Å². The number of nitrogens with zero attached hydrogens (tertiary/aromatic N) is 5. The number of hydrogen-bond donors (Lipinski definition) is 1. The molecule has 4 rings (SSSR count). The van der Waals surface area contributed by atoms with Gasteiger partial charge in [-0.1, -0.05) is 30.3 Å². The Balaban J connectivity index is 1.50. The number of aromatic nitrogens is 2. The van der Waals surface area contributed by atoms with Gasteiger partial charge >= 0.3 is 7.59 Å². The van der Waals surface area contributed by atoms with Gasteiger partial charge < -0.3 is 4.90 Å². The fourth-order valence-corrected chi connectivity index (χ4v) is 4.91. The molecule has 0 radical (unpaired) electrons. The smallest absolute Gasteiger partial charge is 0.311 e. The van der Waals surface area contributed by atoms with Gasteiger partial charge in [0.1, 0.15) is 5.82 Å². The second kappa shape index (κ2) is 6.16. The Kier molecular flexibility index (Phi) is 4.00. The van der Waals surface area contributed by atoms with Crippen LogP contribution in [0, 0.1) is 0 Å². The van der Waals surface area contributed by atoms with Crippen LogP contribution in [0.2, 0.25) is 0 Å². The molecule has 0 saturated carbocycles. The second-order valence-electron chi connectivity index (χ2n) is 6.14. The molecule has 7 nitrogen and oxygen atoms in total. The molecule has 0 unspecified atom stereocenters. The van der Waals surface area contributed by atoms with Crippen molar-refractivity contribution < 1.29 is 4.57 Å².